The average Bonchev–Trinajstić information content (AvgIpc) is 2.86. The quantitative estimate of drug-likeness (QED) is 0.724. The van der Waals surface area contributed by atoms with Crippen molar-refractivity contribution in [3.05, 3.63) is 36.2 Å². The molecule has 0 spiro atoms. The molecule has 70 valence electrons. The van der Waals surface area contributed by atoms with Crippen LogP contribution in [0.4, 0.5) is 0 Å². The zero-order valence-electron chi connectivity index (χ0n) is 7.96. The van der Waals surface area contributed by atoms with E-state index in [2.05, 4.69) is 22.1 Å². The van der Waals surface area contributed by atoms with Gasteiger partial charge in [0.15, 0.2) is 0 Å². The van der Waals surface area contributed by atoms with Gasteiger partial charge < -0.3 is 4.98 Å². The topological polar surface area (TPSA) is 28.7 Å². The third kappa shape index (κ3) is 1.15. The predicted octanol–water partition coefficient (Wildman–Crippen LogP) is 3.13. The van der Waals surface area contributed by atoms with Gasteiger partial charge in [-0.2, -0.15) is 0 Å². The van der Waals surface area contributed by atoms with Crippen molar-refractivity contribution < 1.29 is 0 Å². The van der Waals surface area contributed by atoms with E-state index < -0.39 is 0 Å². The van der Waals surface area contributed by atoms with E-state index in [4.69, 9.17) is 0 Å². The Hall–Kier alpha value is -1.57. The van der Waals surface area contributed by atoms with E-state index in [-0.39, 0.29) is 0 Å². The second kappa shape index (κ2) is 2.98. The number of hydrogen-bond acceptors (Lipinski definition) is 1. The van der Waals surface area contributed by atoms with Crippen LogP contribution in [0.25, 0.3) is 16.6 Å². The molecule has 0 aliphatic heterocycles. The number of nitrogens with one attached hydrogen (secondary N) is 1. The fourth-order valence-electron chi connectivity index (χ4n) is 1.99. The maximum atomic E-state index is 4.57. The molecule has 0 amide bonds. The van der Waals surface area contributed by atoms with Crippen LogP contribution in [-0.4, -0.2) is 9.97 Å². The molecule has 1 aromatic heterocycles. The first-order valence-electron chi connectivity index (χ1n) is 5.08. The van der Waals surface area contributed by atoms with Gasteiger partial charge in [-0.1, -0.05) is 18.2 Å². The van der Waals surface area contributed by atoms with Crippen LogP contribution >= 0.6 is 0 Å². The van der Waals surface area contributed by atoms with Gasteiger partial charge >= 0.3 is 0 Å². The summed E-state index contributed by atoms with van der Waals surface area (Å²) in [5.41, 5.74) is 3.58. The number of aromatic nitrogens is 2. The standard InChI is InChI=1S/C12H12N2/c1-2-6-9(5-1)12-13-10-7-3-4-8-11(10)14-12/h3-5,7-8H,1-2,6H2,(H,13,14). The van der Waals surface area contributed by atoms with Gasteiger partial charge in [-0.25, -0.2) is 4.98 Å². The normalized spacial score (nSPS) is 16.1. The summed E-state index contributed by atoms with van der Waals surface area (Å²) in [6.07, 6.45) is 5.93. The van der Waals surface area contributed by atoms with Gasteiger partial charge in [0.05, 0.1) is 11.0 Å². The van der Waals surface area contributed by atoms with Gasteiger partial charge in [-0.05, 0) is 37.0 Å². The highest BCUT2D eigenvalue weighted by molar-refractivity contribution is 5.78. The number of para-hydroxylation sites is 2. The fraction of sp³-hybridized carbons (Fsp3) is 0.250. The van der Waals surface area contributed by atoms with E-state index >= 15 is 0 Å². The van der Waals surface area contributed by atoms with Gasteiger partial charge in [-0.15, -0.1) is 0 Å². The first-order chi connectivity index (χ1) is 6.93. The number of aromatic amines is 1. The first kappa shape index (κ1) is 7.80. The Morgan fingerprint density at radius 2 is 2.14 bits per heavy atom. The van der Waals surface area contributed by atoms with Crippen molar-refractivity contribution in [1.82, 2.24) is 9.97 Å². The van der Waals surface area contributed by atoms with E-state index in [1.54, 1.807) is 0 Å². The summed E-state index contributed by atoms with van der Waals surface area (Å²) >= 11 is 0. The van der Waals surface area contributed by atoms with Gasteiger partial charge in [0.25, 0.3) is 0 Å². The van der Waals surface area contributed by atoms with Crippen LogP contribution < -0.4 is 0 Å². The highest BCUT2D eigenvalue weighted by Crippen LogP contribution is 2.26. The predicted molar refractivity (Wildman–Crippen MR) is 57.9 cm³/mol. The van der Waals surface area contributed by atoms with Crippen molar-refractivity contribution in [2.24, 2.45) is 0 Å². The van der Waals surface area contributed by atoms with Crippen molar-refractivity contribution in [1.29, 1.82) is 0 Å². The van der Waals surface area contributed by atoms with Crippen molar-refractivity contribution >= 4 is 16.6 Å². The zero-order chi connectivity index (χ0) is 9.38. The number of hydrogen-bond donors (Lipinski definition) is 1. The molecule has 0 fully saturated rings. The minimum absolute atomic E-state index is 1.06. The SMILES string of the molecule is C1=C(c2nc3ccccc3[nH]2)CCC1. The molecule has 2 aromatic rings. The van der Waals surface area contributed by atoms with Crippen molar-refractivity contribution in [2.45, 2.75) is 19.3 Å². The summed E-state index contributed by atoms with van der Waals surface area (Å²) < 4.78 is 0. The summed E-state index contributed by atoms with van der Waals surface area (Å²) in [6, 6.07) is 8.18. The van der Waals surface area contributed by atoms with Crippen LogP contribution in [0.1, 0.15) is 25.1 Å². The molecule has 1 N–H and O–H groups in total. The van der Waals surface area contributed by atoms with Gasteiger partial charge in [-0.3, -0.25) is 0 Å². The molecular formula is C12H12N2. The maximum Gasteiger partial charge on any atom is 0.134 e. The molecular weight excluding hydrogens is 172 g/mol. The van der Waals surface area contributed by atoms with Crippen LogP contribution in [0.5, 0.6) is 0 Å². The Kier molecular flexibility index (Phi) is 1.66. The van der Waals surface area contributed by atoms with Gasteiger partial charge in [0.2, 0.25) is 0 Å². The monoisotopic (exact) mass is 184 g/mol. The molecule has 0 radical (unpaired) electrons. The van der Waals surface area contributed by atoms with Crippen molar-refractivity contribution in [2.75, 3.05) is 0 Å². The number of nitrogens with zero attached hydrogens (tertiary/aromatic N) is 1. The molecule has 0 bridgehead atoms. The van der Waals surface area contributed by atoms with Crippen molar-refractivity contribution in [3.8, 4) is 0 Å². The molecule has 2 heteroatoms. The first-order valence-corrected chi connectivity index (χ1v) is 5.08. The molecule has 0 atom stereocenters. The Bertz CT molecular complexity index is 461. The number of fused-ring (bicyclic) bond motifs is 1. The second-order valence-corrected chi connectivity index (χ2v) is 3.72. The number of imidazole rings is 1. The van der Waals surface area contributed by atoms with Crippen LogP contribution in [0.2, 0.25) is 0 Å². The minimum Gasteiger partial charge on any atom is -0.338 e. The third-order valence-electron chi connectivity index (χ3n) is 2.73. The molecule has 0 saturated heterocycles. The highest BCUT2D eigenvalue weighted by Gasteiger charge is 2.10. The summed E-state index contributed by atoms with van der Waals surface area (Å²) in [7, 11) is 0. The Morgan fingerprint density at radius 1 is 1.21 bits per heavy atom. The van der Waals surface area contributed by atoms with E-state index in [9.17, 15) is 0 Å². The molecule has 14 heavy (non-hydrogen) atoms. The molecule has 0 unspecified atom stereocenters. The number of rotatable bonds is 1. The lowest BCUT2D eigenvalue weighted by Gasteiger charge is -1.93. The number of allylic oxidation sites excluding steroid dienone is 2. The van der Waals surface area contributed by atoms with E-state index in [1.165, 1.54) is 24.8 Å². The number of benzene rings is 1. The van der Waals surface area contributed by atoms with Crippen molar-refractivity contribution in [3.63, 3.8) is 0 Å². The Balaban J connectivity index is 2.14. The second-order valence-electron chi connectivity index (χ2n) is 3.72. The zero-order valence-corrected chi connectivity index (χ0v) is 7.96. The van der Waals surface area contributed by atoms with E-state index in [0.717, 1.165) is 16.9 Å². The van der Waals surface area contributed by atoms with Crippen LogP contribution in [0, 0.1) is 0 Å². The molecule has 1 aliphatic rings. The summed E-state index contributed by atoms with van der Waals surface area (Å²) in [5.74, 6) is 1.06. The molecule has 2 nitrogen and oxygen atoms in total. The third-order valence-corrected chi connectivity index (χ3v) is 2.73. The molecule has 3 rings (SSSR count). The summed E-state index contributed by atoms with van der Waals surface area (Å²) in [4.78, 5) is 7.93. The van der Waals surface area contributed by atoms with Crippen LogP contribution in [0.15, 0.2) is 30.3 Å². The van der Waals surface area contributed by atoms with Crippen LogP contribution in [0.3, 0.4) is 0 Å². The Morgan fingerprint density at radius 3 is 2.93 bits per heavy atom. The average molecular weight is 184 g/mol. The molecule has 0 saturated carbocycles. The van der Waals surface area contributed by atoms with E-state index in [1.807, 2.05) is 18.2 Å². The van der Waals surface area contributed by atoms with E-state index in [0.29, 0.717) is 0 Å². The summed E-state index contributed by atoms with van der Waals surface area (Å²) in [6.45, 7) is 0. The molecule has 1 aromatic carbocycles. The highest BCUT2D eigenvalue weighted by atomic mass is 14.9. The minimum atomic E-state index is 1.06. The lowest BCUT2D eigenvalue weighted by atomic mass is 10.2. The van der Waals surface area contributed by atoms with Gasteiger partial charge in [0, 0.05) is 0 Å². The number of H-pyrrole nitrogens is 1. The lowest BCUT2D eigenvalue weighted by Crippen LogP contribution is -1.82. The largest absolute Gasteiger partial charge is 0.338 e. The smallest absolute Gasteiger partial charge is 0.134 e. The van der Waals surface area contributed by atoms with Crippen LogP contribution in [-0.2, 0) is 0 Å². The fourth-order valence-corrected chi connectivity index (χ4v) is 1.99. The van der Waals surface area contributed by atoms with Gasteiger partial charge in [0.1, 0.15) is 5.82 Å². The maximum absolute atomic E-state index is 4.57. The lowest BCUT2D eigenvalue weighted by molar-refractivity contribution is 0.931. The Labute approximate surface area is 82.7 Å². The molecule has 1 aliphatic carbocycles. The molecule has 1 heterocycles. The summed E-state index contributed by atoms with van der Waals surface area (Å²) in [5, 5.41) is 0.